The molecular weight excluding hydrogens is 339 g/mol. The summed E-state index contributed by atoms with van der Waals surface area (Å²) < 4.78 is 46.5. The predicted molar refractivity (Wildman–Crippen MR) is 71.7 cm³/mol. The number of rotatable bonds is 5. The standard InChI is InChI=1S/C13H11BrF3NO2/c14-12-6-5-11(20-12)7-18-9-1-3-10(4-2-9)19-8-13(15,16)17/h1-6,18H,7-8H2. The van der Waals surface area contributed by atoms with Crippen molar-refractivity contribution in [3.8, 4) is 5.75 Å². The molecule has 1 heterocycles. The lowest BCUT2D eigenvalue weighted by Crippen LogP contribution is -2.19. The number of hydrogen-bond donors (Lipinski definition) is 1. The van der Waals surface area contributed by atoms with Crippen molar-refractivity contribution >= 4 is 21.6 Å². The first kappa shape index (κ1) is 14.8. The first-order chi connectivity index (χ1) is 9.42. The summed E-state index contributed by atoms with van der Waals surface area (Å²) in [5.74, 6) is 0.919. The average Bonchev–Trinajstić information content (AvgIpc) is 2.80. The fraction of sp³-hybridized carbons (Fsp3) is 0.231. The minimum atomic E-state index is -4.33. The van der Waals surface area contributed by atoms with Gasteiger partial charge in [0.1, 0.15) is 11.5 Å². The van der Waals surface area contributed by atoms with Crippen molar-refractivity contribution < 1.29 is 22.3 Å². The number of benzene rings is 1. The molecule has 0 atom stereocenters. The summed E-state index contributed by atoms with van der Waals surface area (Å²) in [6, 6.07) is 9.84. The highest BCUT2D eigenvalue weighted by Crippen LogP contribution is 2.21. The largest absolute Gasteiger partial charge is 0.484 e. The van der Waals surface area contributed by atoms with Crippen molar-refractivity contribution in [1.29, 1.82) is 0 Å². The van der Waals surface area contributed by atoms with E-state index < -0.39 is 12.8 Å². The Morgan fingerprint density at radius 1 is 1.10 bits per heavy atom. The monoisotopic (exact) mass is 349 g/mol. The molecule has 0 fully saturated rings. The smallest absolute Gasteiger partial charge is 0.422 e. The van der Waals surface area contributed by atoms with Gasteiger partial charge in [-0.3, -0.25) is 0 Å². The van der Waals surface area contributed by atoms with E-state index in [1.165, 1.54) is 12.1 Å². The SMILES string of the molecule is FC(F)(F)COc1ccc(NCc2ccc(Br)o2)cc1. The van der Waals surface area contributed by atoms with Crippen LogP contribution < -0.4 is 10.1 Å². The van der Waals surface area contributed by atoms with E-state index >= 15 is 0 Å². The van der Waals surface area contributed by atoms with Crippen LogP contribution in [0.15, 0.2) is 45.5 Å². The fourth-order valence-corrected chi connectivity index (χ4v) is 1.81. The fourth-order valence-electron chi connectivity index (χ4n) is 1.47. The summed E-state index contributed by atoms with van der Waals surface area (Å²) in [6.45, 7) is -0.811. The predicted octanol–water partition coefficient (Wildman–Crippen LogP) is 4.60. The van der Waals surface area contributed by atoms with Gasteiger partial charge in [-0.25, -0.2) is 0 Å². The van der Waals surface area contributed by atoms with Crippen molar-refractivity contribution in [3.05, 3.63) is 46.8 Å². The molecule has 1 aromatic heterocycles. The Bertz CT molecular complexity index is 551. The normalized spacial score (nSPS) is 11.4. The summed E-state index contributed by atoms with van der Waals surface area (Å²) in [5, 5.41) is 3.08. The maximum atomic E-state index is 12.0. The van der Waals surface area contributed by atoms with Gasteiger partial charge < -0.3 is 14.5 Å². The number of ether oxygens (including phenoxy) is 1. The lowest BCUT2D eigenvalue weighted by atomic mass is 10.3. The van der Waals surface area contributed by atoms with Gasteiger partial charge in [0.2, 0.25) is 0 Å². The Morgan fingerprint density at radius 3 is 2.35 bits per heavy atom. The van der Waals surface area contributed by atoms with Gasteiger partial charge in [0, 0.05) is 5.69 Å². The molecule has 0 aliphatic carbocycles. The van der Waals surface area contributed by atoms with E-state index in [4.69, 9.17) is 4.42 Å². The van der Waals surface area contributed by atoms with Gasteiger partial charge in [0.05, 0.1) is 6.54 Å². The number of hydrogen-bond acceptors (Lipinski definition) is 3. The maximum absolute atomic E-state index is 12.0. The molecular formula is C13H11BrF3NO2. The first-order valence-corrected chi connectivity index (χ1v) is 6.49. The van der Waals surface area contributed by atoms with Crippen LogP contribution in [-0.2, 0) is 6.54 Å². The van der Waals surface area contributed by atoms with Gasteiger partial charge in [0.15, 0.2) is 11.3 Å². The van der Waals surface area contributed by atoms with Gasteiger partial charge in [-0.05, 0) is 52.3 Å². The second kappa shape index (κ2) is 6.21. The van der Waals surface area contributed by atoms with Gasteiger partial charge in [-0.15, -0.1) is 0 Å². The van der Waals surface area contributed by atoms with Gasteiger partial charge in [-0.2, -0.15) is 13.2 Å². The van der Waals surface area contributed by atoms with Crippen molar-refractivity contribution in [2.45, 2.75) is 12.7 Å². The lowest BCUT2D eigenvalue weighted by molar-refractivity contribution is -0.153. The molecule has 2 rings (SSSR count). The number of halogens is 4. The van der Waals surface area contributed by atoms with Crippen molar-refractivity contribution in [2.75, 3.05) is 11.9 Å². The Morgan fingerprint density at radius 2 is 1.80 bits per heavy atom. The zero-order valence-electron chi connectivity index (χ0n) is 10.2. The molecule has 0 bridgehead atoms. The zero-order valence-corrected chi connectivity index (χ0v) is 11.8. The van der Waals surface area contributed by atoms with Gasteiger partial charge in [0.25, 0.3) is 0 Å². The quantitative estimate of drug-likeness (QED) is 0.856. The van der Waals surface area contributed by atoms with E-state index in [1.54, 1.807) is 18.2 Å². The third-order valence-electron chi connectivity index (χ3n) is 2.35. The van der Waals surface area contributed by atoms with Crippen LogP contribution in [-0.4, -0.2) is 12.8 Å². The van der Waals surface area contributed by atoms with Crippen LogP contribution in [0.4, 0.5) is 18.9 Å². The molecule has 0 aliphatic rings. The molecule has 0 spiro atoms. The van der Waals surface area contributed by atoms with E-state index in [0.29, 0.717) is 11.2 Å². The summed E-state index contributed by atoms with van der Waals surface area (Å²) in [7, 11) is 0. The Hall–Kier alpha value is -1.63. The molecule has 0 amide bonds. The number of furan rings is 1. The number of nitrogens with one attached hydrogen (secondary N) is 1. The van der Waals surface area contributed by atoms with Crippen LogP contribution in [0.3, 0.4) is 0 Å². The summed E-state index contributed by atoms with van der Waals surface area (Å²) in [6.07, 6.45) is -4.33. The molecule has 108 valence electrons. The summed E-state index contributed by atoms with van der Waals surface area (Å²) in [4.78, 5) is 0. The molecule has 1 N–H and O–H groups in total. The highest BCUT2D eigenvalue weighted by atomic mass is 79.9. The highest BCUT2D eigenvalue weighted by Gasteiger charge is 2.28. The van der Waals surface area contributed by atoms with Crippen LogP contribution in [0.25, 0.3) is 0 Å². The second-order valence-corrected chi connectivity index (χ2v) is 4.77. The minimum Gasteiger partial charge on any atom is -0.484 e. The Kier molecular flexibility index (Phi) is 4.59. The van der Waals surface area contributed by atoms with Crippen LogP contribution in [0, 0.1) is 0 Å². The van der Waals surface area contributed by atoms with E-state index in [2.05, 4.69) is 26.0 Å². The van der Waals surface area contributed by atoms with E-state index in [9.17, 15) is 13.2 Å². The molecule has 2 aromatic rings. The number of anilines is 1. The Labute approximate surface area is 121 Å². The zero-order chi connectivity index (χ0) is 14.6. The average molecular weight is 350 g/mol. The first-order valence-electron chi connectivity index (χ1n) is 5.70. The second-order valence-electron chi connectivity index (χ2n) is 3.99. The number of alkyl halides is 3. The molecule has 3 nitrogen and oxygen atoms in total. The van der Waals surface area contributed by atoms with Gasteiger partial charge in [-0.1, -0.05) is 0 Å². The third-order valence-corrected chi connectivity index (χ3v) is 2.78. The van der Waals surface area contributed by atoms with Crippen LogP contribution in [0.5, 0.6) is 5.75 Å². The minimum absolute atomic E-state index is 0.175. The summed E-state index contributed by atoms with van der Waals surface area (Å²) in [5.41, 5.74) is 0.761. The molecule has 0 radical (unpaired) electrons. The molecule has 0 aliphatic heterocycles. The molecule has 0 saturated carbocycles. The Balaban J connectivity index is 1.85. The molecule has 20 heavy (non-hydrogen) atoms. The lowest BCUT2D eigenvalue weighted by Gasteiger charge is -2.10. The molecule has 7 heteroatoms. The van der Waals surface area contributed by atoms with Crippen LogP contribution >= 0.6 is 15.9 Å². The van der Waals surface area contributed by atoms with Gasteiger partial charge >= 0.3 is 6.18 Å². The topological polar surface area (TPSA) is 34.4 Å². The van der Waals surface area contributed by atoms with Crippen LogP contribution in [0.1, 0.15) is 5.76 Å². The van der Waals surface area contributed by atoms with Crippen molar-refractivity contribution in [3.63, 3.8) is 0 Å². The molecule has 0 unspecified atom stereocenters. The van der Waals surface area contributed by atoms with E-state index in [-0.39, 0.29) is 5.75 Å². The van der Waals surface area contributed by atoms with Crippen molar-refractivity contribution in [2.24, 2.45) is 0 Å². The highest BCUT2D eigenvalue weighted by molar-refractivity contribution is 9.10. The molecule has 0 saturated heterocycles. The maximum Gasteiger partial charge on any atom is 0.422 e. The molecule has 1 aromatic carbocycles. The van der Waals surface area contributed by atoms with Crippen LogP contribution in [0.2, 0.25) is 0 Å². The van der Waals surface area contributed by atoms with E-state index in [0.717, 1.165) is 11.4 Å². The summed E-state index contributed by atoms with van der Waals surface area (Å²) >= 11 is 3.20. The van der Waals surface area contributed by atoms with Crippen molar-refractivity contribution in [1.82, 2.24) is 0 Å². The third kappa shape index (κ3) is 4.80. The van der Waals surface area contributed by atoms with E-state index in [1.807, 2.05) is 6.07 Å².